The molecular weight excluding hydrogens is 316 g/mol. The number of aromatic nitrogens is 2. The first-order valence-corrected chi connectivity index (χ1v) is 7.37. The second kappa shape index (κ2) is 6.10. The molecule has 1 heterocycles. The standard InChI is InChI=1S/C15H17BrN4/c1-3-10(2)20-15(18)13(9-17)14(19-20)8-11-4-6-12(16)7-5-11/h4-7,10H,3,8,18H2,1-2H3/t10-/m1/s1. The number of anilines is 1. The summed E-state index contributed by atoms with van der Waals surface area (Å²) in [5.41, 5.74) is 8.39. The number of nitrogen functional groups attached to an aromatic ring is 1. The molecule has 1 atom stereocenters. The van der Waals surface area contributed by atoms with E-state index in [-0.39, 0.29) is 6.04 Å². The quantitative estimate of drug-likeness (QED) is 0.928. The average Bonchev–Trinajstić information content (AvgIpc) is 2.76. The summed E-state index contributed by atoms with van der Waals surface area (Å²) in [4.78, 5) is 0. The van der Waals surface area contributed by atoms with E-state index in [2.05, 4.69) is 34.0 Å². The van der Waals surface area contributed by atoms with E-state index >= 15 is 0 Å². The maximum Gasteiger partial charge on any atom is 0.140 e. The maximum absolute atomic E-state index is 9.30. The van der Waals surface area contributed by atoms with E-state index in [1.165, 1.54) is 0 Å². The molecule has 1 aromatic carbocycles. The molecule has 5 heteroatoms. The number of nitrogens with zero attached hydrogens (tertiary/aromatic N) is 3. The number of nitriles is 1. The average molecular weight is 333 g/mol. The van der Waals surface area contributed by atoms with Gasteiger partial charge in [-0.1, -0.05) is 35.0 Å². The lowest BCUT2D eigenvalue weighted by Gasteiger charge is -2.10. The van der Waals surface area contributed by atoms with Gasteiger partial charge in [-0.2, -0.15) is 10.4 Å². The Kier molecular flexibility index (Phi) is 4.46. The molecule has 0 bridgehead atoms. The van der Waals surface area contributed by atoms with Crippen molar-refractivity contribution < 1.29 is 0 Å². The summed E-state index contributed by atoms with van der Waals surface area (Å²) in [6.07, 6.45) is 1.54. The van der Waals surface area contributed by atoms with Gasteiger partial charge in [-0.15, -0.1) is 0 Å². The Labute approximate surface area is 127 Å². The van der Waals surface area contributed by atoms with Crippen LogP contribution in [-0.2, 0) is 6.42 Å². The number of benzene rings is 1. The topological polar surface area (TPSA) is 67.6 Å². The van der Waals surface area contributed by atoms with Gasteiger partial charge in [0.2, 0.25) is 0 Å². The summed E-state index contributed by atoms with van der Waals surface area (Å²) in [5, 5.41) is 13.8. The Morgan fingerprint density at radius 3 is 2.60 bits per heavy atom. The van der Waals surface area contributed by atoms with E-state index in [9.17, 15) is 5.26 Å². The molecule has 0 aliphatic rings. The Hall–Kier alpha value is -1.80. The fourth-order valence-corrected chi connectivity index (χ4v) is 2.31. The van der Waals surface area contributed by atoms with Crippen molar-refractivity contribution in [2.24, 2.45) is 0 Å². The highest BCUT2D eigenvalue weighted by Gasteiger charge is 2.18. The zero-order valence-corrected chi connectivity index (χ0v) is 13.2. The van der Waals surface area contributed by atoms with Crippen molar-refractivity contribution in [1.29, 1.82) is 5.26 Å². The SMILES string of the molecule is CC[C@@H](C)n1nc(Cc2ccc(Br)cc2)c(C#N)c1N. The van der Waals surface area contributed by atoms with Crippen LogP contribution in [0.2, 0.25) is 0 Å². The predicted octanol–water partition coefficient (Wildman–Crippen LogP) is 3.66. The lowest BCUT2D eigenvalue weighted by Crippen LogP contribution is -2.09. The van der Waals surface area contributed by atoms with Gasteiger partial charge in [-0.25, -0.2) is 4.68 Å². The third-order valence-electron chi connectivity index (χ3n) is 3.42. The van der Waals surface area contributed by atoms with Crippen LogP contribution in [0.3, 0.4) is 0 Å². The van der Waals surface area contributed by atoms with E-state index in [1.807, 2.05) is 31.2 Å². The van der Waals surface area contributed by atoms with Crippen molar-refractivity contribution in [3.05, 3.63) is 45.6 Å². The highest BCUT2D eigenvalue weighted by Crippen LogP contribution is 2.24. The van der Waals surface area contributed by atoms with Crippen LogP contribution in [0.1, 0.15) is 43.1 Å². The Bertz CT molecular complexity index is 637. The number of nitrogens with two attached hydrogens (primary N) is 1. The van der Waals surface area contributed by atoms with Crippen molar-refractivity contribution in [2.45, 2.75) is 32.7 Å². The third-order valence-corrected chi connectivity index (χ3v) is 3.95. The molecule has 0 unspecified atom stereocenters. The number of rotatable bonds is 4. The van der Waals surface area contributed by atoms with Crippen LogP contribution in [0.15, 0.2) is 28.7 Å². The molecule has 4 nitrogen and oxygen atoms in total. The highest BCUT2D eigenvalue weighted by molar-refractivity contribution is 9.10. The molecule has 0 spiro atoms. The van der Waals surface area contributed by atoms with Crippen LogP contribution in [0, 0.1) is 11.3 Å². The molecule has 1 aromatic heterocycles. The number of hydrogen-bond donors (Lipinski definition) is 1. The molecule has 2 N–H and O–H groups in total. The Morgan fingerprint density at radius 1 is 1.40 bits per heavy atom. The van der Waals surface area contributed by atoms with Gasteiger partial charge in [0.15, 0.2) is 0 Å². The lowest BCUT2D eigenvalue weighted by atomic mass is 10.1. The van der Waals surface area contributed by atoms with Crippen LogP contribution < -0.4 is 5.73 Å². The Balaban J connectivity index is 2.36. The monoisotopic (exact) mass is 332 g/mol. The predicted molar refractivity (Wildman–Crippen MR) is 83.3 cm³/mol. The molecule has 20 heavy (non-hydrogen) atoms. The fraction of sp³-hybridized carbons (Fsp3) is 0.333. The van der Waals surface area contributed by atoms with Crippen LogP contribution in [0.4, 0.5) is 5.82 Å². The van der Waals surface area contributed by atoms with Crippen LogP contribution >= 0.6 is 15.9 Å². The van der Waals surface area contributed by atoms with Gasteiger partial charge in [0.05, 0.1) is 11.7 Å². The van der Waals surface area contributed by atoms with E-state index in [1.54, 1.807) is 4.68 Å². The molecule has 0 fully saturated rings. The van der Waals surface area contributed by atoms with Crippen molar-refractivity contribution in [3.63, 3.8) is 0 Å². The van der Waals surface area contributed by atoms with E-state index in [0.717, 1.165) is 22.2 Å². The first-order valence-electron chi connectivity index (χ1n) is 6.58. The van der Waals surface area contributed by atoms with Crippen LogP contribution in [0.25, 0.3) is 0 Å². The molecule has 104 valence electrons. The first kappa shape index (κ1) is 14.6. The van der Waals surface area contributed by atoms with Gasteiger partial charge in [0.25, 0.3) is 0 Å². The summed E-state index contributed by atoms with van der Waals surface area (Å²) in [6, 6.07) is 10.4. The van der Waals surface area contributed by atoms with Crippen molar-refractivity contribution in [3.8, 4) is 6.07 Å². The smallest absolute Gasteiger partial charge is 0.140 e. The zero-order valence-electron chi connectivity index (χ0n) is 11.6. The van der Waals surface area contributed by atoms with Gasteiger partial charge in [0.1, 0.15) is 17.5 Å². The maximum atomic E-state index is 9.30. The number of hydrogen-bond acceptors (Lipinski definition) is 3. The van der Waals surface area contributed by atoms with Crippen molar-refractivity contribution >= 4 is 21.7 Å². The first-order chi connectivity index (χ1) is 9.56. The normalized spacial score (nSPS) is 12.1. The molecular formula is C15H17BrN4. The minimum absolute atomic E-state index is 0.195. The summed E-state index contributed by atoms with van der Waals surface area (Å²) >= 11 is 3.41. The van der Waals surface area contributed by atoms with Gasteiger partial charge >= 0.3 is 0 Å². The Morgan fingerprint density at radius 2 is 2.05 bits per heavy atom. The molecule has 0 saturated heterocycles. The van der Waals surface area contributed by atoms with Gasteiger partial charge in [-0.3, -0.25) is 0 Å². The minimum atomic E-state index is 0.195. The molecule has 2 aromatic rings. The van der Waals surface area contributed by atoms with E-state index < -0.39 is 0 Å². The molecule has 0 amide bonds. The van der Waals surface area contributed by atoms with Crippen LogP contribution in [-0.4, -0.2) is 9.78 Å². The van der Waals surface area contributed by atoms with E-state index in [4.69, 9.17) is 5.73 Å². The minimum Gasteiger partial charge on any atom is -0.383 e. The summed E-state index contributed by atoms with van der Waals surface area (Å²) in [5.74, 6) is 0.467. The molecule has 0 saturated carbocycles. The molecule has 0 radical (unpaired) electrons. The summed E-state index contributed by atoms with van der Waals surface area (Å²) < 4.78 is 2.79. The van der Waals surface area contributed by atoms with Gasteiger partial charge in [-0.05, 0) is 31.0 Å². The second-order valence-electron chi connectivity index (χ2n) is 4.82. The van der Waals surface area contributed by atoms with Crippen molar-refractivity contribution in [2.75, 3.05) is 5.73 Å². The molecule has 0 aliphatic carbocycles. The van der Waals surface area contributed by atoms with Gasteiger partial charge in [0, 0.05) is 10.9 Å². The third kappa shape index (κ3) is 2.86. The molecule has 2 rings (SSSR count). The lowest BCUT2D eigenvalue weighted by molar-refractivity contribution is 0.481. The summed E-state index contributed by atoms with van der Waals surface area (Å²) in [6.45, 7) is 4.13. The van der Waals surface area contributed by atoms with Crippen LogP contribution in [0.5, 0.6) is 0 Å². The fourth-order valence-electron chi connectivity index (χ4n) is 2.05. The van der Waals surface area contributed by atoms with Crippen molar-refractivity contribution in [1.82, 2.24) is 9.78 Å². The summed E-state index contributed by atoms with van der Waals surface area (Å²) in [7, 11) is 0. The van der Waals surface area contributed by atoms with E-state index in [0.29, 0.717) is 17.8 Å². The largest absolute Gasteiger partial charge is 0.383 e. The highest BCUT2D eigenvalue weighted by atomic mass is 79.9. The van der Waals surface area contributed by atoms with Gasteiger partial charge < -0.3 is 5.73 Å². The second-order valence-corrected chi connectivity index (χ2v) is 5.74. The zero-order chi connectivity index (χ0) is 14.7. The molecule has 0 aliphatic heterocycles. The number of halogens is 1.